The lowest BCUT2D eigenvalue weighted by molar-refractivity contribution is 0.0710. The van der Waals surface area contributed by atoms with Crippen LogP contribution in [0.3, 0.4) is 0 Å². The molecule has 1 fully saturated rings. The molecule has 0 aromatic heterocycles. The highest BCUT2D eigenvalue weighted by molar-refractivity contribution is 5.52. The summed E-state index contributed by atoms with van der Waals surface area (Å²) in [6.07, 6.45) is 4.09. The predicted octanol–water partition coefficient (Wildman–Crippen LogP) is 0.761. The summed E-state index contributed by atoms with van der Waals surface area (Å²) < 4.78 is 5.24. The van der Waals surface area contributed by atoms with Crippen LogP contribution >= 0.6 is 0 Å². The van der Waals surface area contributed by atoms with Gasteiger partial charge in [0.2, 0.25) is 0 Å². The van der Waals surface area contributed by atoms with Gasteiger partial charge in [0, 0.05) is 12.8 Å². The summed E-state index contributed by atoms with van der Waals surface area (Å²) in [6.45, 7) is 3.61. The molecule has 1 aliphatic rings. The van der Waals surface area contributed by atoms with Crippen LogP contribution in [0.15, 0.2) is 5.10 Å². The molecule has 0 aliphatic carbocycles. The first-order chi connectivity index (χ1) is 4.93. The first-order valence-electron chi connectivity index (χ1n) is 3.74. The fourth-order valence-corrected chi connectivity index (χ4v) is 1.02. The lowest BCUT2D eigenvalue weighted by atomic mass is 10.1. The molecule has 0 spiro atoms. The van der Waals surface area contributed by atoms with Crippen molar-refractivity contribution in [2.75, 3.05) is 13.2 Å². The molecule has 0 aromatic carbocycles. The van der Waals surface area contributed by atoms with Crippen molar-refractivity contribution in [3.63, 3.8) is 0 Å². The second kappa shape index (κ2) is 4.28. The Labute approximate surface area is 61.5 Å². The van der Waals surface area contributed by atoms with Crippen molar-refractivity contribution in [1.29, 1.82) is 0 Å². The van der Waals surface area contributed by atoms with E-state index in [-0.39, 0.29) is 0 Å². The number of ether oxygens (including phenoxy) is 1. The minimum Gasteiger partial charge on any atom is -0.379 e. The third-order valence-electron chi connectivity index (χ3n) is 1.55. The van der Waals surface area contributed by atoms with Gasteiger partial charge in [-0.05, 0) is 19.8 Å². The summed E-state index contributed by atoms with van der Waals surface area (Å²) in [6, 6.07) is 0.435. The van der Waals surface area contributed by atoms with Crippen molar-refractivity contribution < 1.29 is 4.74 Å². The van der Waals surface area contributed by atoms with Gasteiger partial charge in [-0.3, -0.25) is 0 Å². The van der Waals surface area contributed by atoms with Gasteiger partial charge in [0.15, 0.2) is 0 Å². The molecule has 3 nitrogen and oxygen atoms in total. The number of nitrogens with zero attached hydrogens (tertiary/aromatic N) is 1. The molecule has 0 aromatic rings. The molecule has 1 saturated heterocycles. The van der Waals surface area contributed by atoms with E-state index in [9.17, 15) is 0 Å². The lowest BCUT2D eigenvalue weighted by Gasteiger charge is -2.21. The molecule has 0 bridgehead atoms. The van der Waals surface area contributed by atoms with Gasteiger partial charge in [0.05, 0.1) is 12.6 Å². The quantitative estimate of drug-likeness (QED) is 0.456. The summed E-state index contributed by atoms with van der Waals surface area (Å²) in [7, 11) is 0. The van der Waals surface area contributed by atoms with Gasteiger partial charge >= 0.3 is 0 Å². The molecule has 0 saturated carbocycles. The van der Waals surface area contributed by atoms with Gasteiger partial charge in [0.1, 0.15) is 0 Å². The Kier molecular flexibility index (Phi) is 3.22. The van der Waals surface area contributed by atoms with Crippen LogP contribution in [0.2, 0.25) is 0 Å². The highest BCUT2D eigenvalue weighted by atomic mass is 16.5. The van der Waals surface area contributed by atoms with Crippen LogP contribution in [0.4, 0.5) is 0 Å². The molecular formula is C7H14N2O. The summed E-state index contributed by atoms with van der Waals surface area (Å²) in [4.78, 5) is 0. The largest absolute Gasteiger partial charge is 0.379 e. The van der Waals surface area contributed by atoms with Gasteiger partial charge in [-0.15, -0.1) is 0 Å². The average Bonchev–Trinajstić information content (AvgIpc) is 2.03. The highest BCUT2D eigenvalue weighted by Gasteiger charge is 2.11. The summed E-state index contributed by atoms with van der Waals surface area (Å²) >= 11 is 0. The molecule has 1 heterocycles. The smallest absolute Gasteiger partial charge is 0.0684 e. The predicted molar refractivity (Wildman–Crippen MR) is 41.1 cm³/mol. The molecule has 58 valence electrons. The van der Waals surface area contributed by atoms with Crippen molar-refractivity contribution in [2.45, 2.75) is 25.8 Å². The Balaban J connectivity index is 2.13. The Morgan fingerprint density at radius 3 is 3.20 bits per heavy atom. The van der Waals surface area contributed by atoms with Crippen molar-refractivity contribution in [3.05, 3.63) is 0 Å². The molecule has 3 heteroatoms. The summed E-state index contributed by atoms with van der Waals surface area (Å²) in [5.74, 6) is 0. The number of hydrogen-bond donors (Lipinski definition) is 1. The maximum Gasteiger partial charge on any atom is 0.0684 e. The van der Waals surface area contributed by atoms with Crippen LogP contribution in [-0.2, 0) is 4.74 Å². The SMILES string of the molecule is C/C=N\NC1CCCOC1. The fourth-order valence-electron chi connectivity index (χ4n) is 1.02. The molecule has 1 aliphatic heterocycles. The van der Waals surface area contributed by atoms with E-state index in [4.69, 9.17) is 4.74 Å². The molecule has 1 rings (SSSR count). The maximum absolute atomic E-state index is 5.24. The van der Waals surface area contributed by atoms with Crippen molar-refractivity contribution in [3.8, 4) is 0 Å². The van der Waals surface area contributed by atoms with Gasteiger partial charge in [-0.2, -0.15) is 5.10 Å². The van der Waals surface area contributed by atoms with E-state index in [1.807, 2.05) is 6.92 Å². The van der Waals surface area contributed by atoms with E-state index in [0.29, 0.717) is 6.04 Å². The van der Waals surface area contributed by atoms with Crippen LogP contribution < -0.4 is 5.43 Å². The van der Waals surface area contributed by atoms with Crippen LogP contribution in [-0.4, -0.2) is 25.5 Å². The van der Waals surface area contributed by atoms with Crippen LogP contribution in [0.5, 0.6) is 0 Å². The molecule has 1 N–H and O–H groups in total. The minimum atomic E-state index is 0.435. The normalized spacial score (nSPS) is 27.1. The molecular weight excluding hydrogens is 128 g/mol. The molecule has 0 radical (unpaired) electrons. The number of rotatable bonds is 2. The Bertz CT molecular complexity index is 108. The first-order valence-corrected chi connectivity index (χ1v) is 3.74. The summed E-state index contributed by atoms with van der Waals surface area (Å²) in [5.41, 5.74) is 3.02. The second-order valence-electron chi connectivity index (χ2n) is 2.43. The molecule has 10 heavy (non-hydrogen) atoms. The van der Waals surface area contributed by atoms with E-state index in [0.717, 1.165) is 19.6 Å². The number of hydrogen-bond acceptors (Lipinski definition) is 3. The Hall–Kier alpha value is -0.570. The van der Waals surface area contributed by atoms with E-state index >= 15 is 0 Å². The zero-order valence-corrected chi connectivity index (χ0v) is 6.34. The zero-order valence-electron chi connectivity index (χ0n) is 6.34. The lowest BCUT2D eigenvalue weighted by Crippen LogP contribution is -2.33. The number of hydrazone groups is 1. The van der Waals surface area contributed by atoms with Gasteiger partial charge in [-0.25, -0.2) is 0 Å². The van der Waals surface area contributed by atoms with Crippen LogP contribution in [0.25, 0.3) is 0 Å². The van der Waals surface area contributed by atoms with Gasteiger partial charge < -0.3 is 10.2 Å². The zero-order chi connectivity index (χ0) is 7.23. The van der Waals surface area contributed by atoms with Crippen LogP contribution in [0, 0.1) is 0 Å². The maximum atomic E-state index is 5.24. The minimum absolute atomic E-state index is 0.435. The van der Waals surface area contributed by atoms with Gasteiger partial charge in [-0.1, -0.05) is 0 Å². The monoisotopic (exact) mass is 142 g/mol. The van der Waals surface area contributed by atoms with Crippen molar-refractivity contribution in [1.82, 2.24) is 5.43 Å². The first kappa shape index (κ1) is 7.54. The second-order valence-corrected chi connectivity index (χ2v) is 2.43. The van der Waals surface area contributed by atoms with E-state index in [1.54, 1.807) is 6.21 Å². The van der Waals surface area contributed by atoms with E-state index in [2.05, 4.69) is 10.5 Å². The average molecular weight is 142 g/mol. The van der Waals surface area contributed by atoms with Crippen molar-refractivity contribution >= 4 is 6.21 Å². The van der Waals surface area contributed by atoms with Crippen LogP contribution in [0.1, 0.15) is 19.8 Å². The number of nitrogens with one attached hydrogen (secondary N) is 1. The Morgan fingerprint density at radius 1 is 1.70 bits per heavy atom. The van der Waals surface area contributed by atoms with E-state index < -0.39 is 0 Å². The van der Waals surface area contributed by atoms with E-state index in [1.165, 1.54) is 6.42 Å². The molecule has 1 atom stereocenters. The molecule has 0 amide bonds. The topological polar surface area (TPSA) is 33.6 Å². The third-order valence-corrected chi connectivity index (χ3v) is 1.55. The van der Waals surface area contributed by atoms with Gasteiger partial charge in [0.25, 0.3) is 0 Å². The Morgan fingerprint density at radius 2 is 2.60 bits per heavy atom. The fraction of sp³-hybridized carbons (Fsp3) is 0.857. The standard InChI is InChI=1S/C7H14N2O/c1-2-8-9-7-4-3-5-10-6-7/h2,7,9H,3-6H2,1H3/b8-2-. The van der Waals surface area contributed by atoms with Crippen molar-refractivity contribution in [2.24, 2.45) is 5.10 Å². The third kappa shape index (κ3) is 2.35. The highest BCUT2D eigenvalue weighted by Crippen LogP contribution is 2.04. The molecule has 1 unspecified atom stereocenters. The summed E-state index contributed by atoms with van der Waals surface area (Å²) in [5, 5.41) is 3.94.